The normalized spacial score (nSPS) is 17.9. The van der Waals surface area contributed by atoms with Crippen LogP contribution in [-0.2, 0) is 0 Å². The van der Waals surface area contributed by atoms with Crippen molar-refractivity contribution in [3.63, 3.8) is 0 Å². The van der Waals surface area contributed by atoms with E-state index in [1.165, 1.54) is 16.7 Å². The highest BCUT2D eigenvalue weighted by Gasteiger charge is 2.42. The summed E-state index contributed by atoms with van der Waals surface area (Å²) in [6.07, 6.45) is 1.81. The van der Waals surface area contributed by atoms with Crippen LogP contribution in [0, 0.1) is 20.8 Å². The second-order valence-corrected chi connectivity index (χ2v) is 9.77. The Labute approximate surface area is 207 Å². The summed E-state index contributed by atoms with van der Waals surface area (Å²) in [6.45, 7) is 6.29. The maximum atomic E-state index is 6.49. The number of anilines is 1. The number of rotatable bonds is 4. The van der Waals surface area contributed by atoms with Gasteiger partial charge >= 0.3 is 0 Å². The molecule has 4 nitrogen and oxygen atoms in total. The highest BCUT2D eigenvalue weighted by atomic mass is 79.9. The second-order valence-electron chi connectivity index (χ2n) is 8.53. The molecule has 0 aliphatic carbocycles. The van der Waals surface area contributed by atoms with Crippen LogP contribution >= 0.6 is 28.1 Å². The van der Waals surface area contributed by atoms with Gasteiger partial charge in [0.05, 0.1) is 11.7 Å². The lowest BCUT2D eigenvalue weighted by molar-refractivity contribution is 0.439. The topological polar surface area (TPSA) is 41.3 Å². The third kappa shape index (κ3) is 4.21. The lowest BCUT2D eigenvalue weighted by Gasteiger charge is -2.26. The number of thiocarbonyl (C=S) groups is 1. The number of benzene rings is 2. The van der Waals surface area contributed by atoms with Crippen molar-refractivity contribution in [2.24, 2.45) is 0 Å². The molecule has 166 valence electrons. The lowest BCUT2D eigenvalue weighted by Crippen LogP contribution is -2.29. The molecular weight excluding hydrogens is 494 g/mol. The standard InChI is InChI=1S/C27H24BrN3OS/c1-16-7-8-20(21(28)15-16)23-9-10-24(32-23)26-25(22-6-4-5-11-29-22)30-27(33)31(26)19-13-17(2)12-18(3)14-19/h4-15,25-26H,1-3H3,(H,30,33)/t25-,26-/m0/s1. The lowest BCUT2D eigenvalue weighted by atomic mass is 10.0. The third-order valence-corrected chi connectivity index (χ3v) is 6.86. The molecule has 6 heteroatoms. The minimum atomic E-state index is -0.174. The highest BCUT2D eigenvalue weighted by Crippen LogP contribution is 2.43. The Morgan fingerprint density at radius 2 is 1.73 bits per heavy atom. The van der Waals surface area contributed by atoms with Crippen LogP contribution < -0.4 is 10.2 Å². The van der Waals surface area contributed by atoms with Gasteiger partial charge < -0.3 is 14.6 Å². The quantitative estimate of drug-likeness (QED) is 0.289. The van der Waals surface area contributed by atoms with Gasteiger partial charge in [0.15, 0.2) is 5.11 Å². The Balaban J connectivity index is 1.62. The maximum absolute atomic E-state index is 6.49. The van der Waals surface area contributed by atoms with E-state index in [4.69, 9.17) is 16.6 Å². The minimum absolute atomic E-state index is 0.139. The number of aromatic nitrogens is 1. The number of furan rings is 1. The molecule has 2 atom stereocenters. The van der Waals surface area contributed by atoms with Crippen LogP contribution in [0.4, 0.5) is 5.69 Å². The van der Waals surface area contributed by atoms with E-state index < -0.39 is 0 Å². The van der Waals surface area contributed by atoms with E-state index >= 15 is 0 Å². The molecular formula is C27H24BrN3OS. The van der Waals surface area contributed by atoms with Gasteiger partial charge in [-0.3, -0.25) is 4.98 Å². The van der Waals surface area contributed by atoms with Crippen molar-refractivity contribution in [3.8, 4) is 11.3 Å². The fourth-order valence-electron chi connectivity index (χ4n) is 4.49. The average molecular weight is 518 g/mol. The number of nitrogens with one attached hydrogen (secondary N) is 1. The first kappa shape index (κ1) is 21.9. The van der Waals surface area contributed by atoms with E-state index in [1.807, 2.05) is 36.5 Å². The summed E-state index contributed by atoms with van der Waals surface area (Å²) in [5.41, 5.74) is 6.56. The molecule has 1 aliphatic rings. The number of hydrogen-bond acceptors (Lipinski definition) is 3. The van der Waals surface area contributed by atoms with Crippen LogP contribution in [0.15, 0.2) is 81.8 Å². The zero-order valence-corrected chi connectivity index (χ0v) is 21.1. The molecule has 0 bridgehead atoms. The molecule has 5 rings (SSSR count). The monoisotopic (exact) mass is 517 g/mol. The van der Waals surface area contributed by atoms with Gasteiger partial charge in [-0.25, -0.2) is 0 Å². The predicted molar refractivity (Wildman–Crippen MR) is 140 cm³/mol. The first-order chi connectivity index (χ1) is 15.9. The van der Waals surface area contributed by atoms with Crippen LogP contribution in [0.3, 0.4) is 0 Å². The number of halogens is 1. The van der Waals surface area contributed by atoms with E-state index in [9.17, 15) is 0 Å². The van der Waals surface area contributed by atoms with Crippen molar-refractivity contribution < 1.29 is 4.42 Å². The van der Waals surface area contributed by atoms with Gasteiger partial charge in [-0.2, -0.15) is 0 Å². The largest absolute Gasteiger partial charge is 0.459 e. The van der Waals surface area contributed by atoms with Crippen molar-refractivity contribution >= 4 is 38.9 Å². The summed E-state index contributed by atoms with van der Waals surface area (Å²) in [5.74, 6) is 1.65. The van der Waals surface area contributed by atoms with Crippen LogP contribution in [0.2, 0.25) is 0 Å². The van der Waals surface area contributed by atoms with Gasteiger partial charge in [-0.05, 0) is 98.2 Å². The zero-order valence-electron chi connectivity index (χ0n) is 18.7. The van der Waals surface area contributed by atoms with E-state index in [2.05, 4.69) is 88.3 Å². The van der Waals surface area contributed by atoms with Crippen molar-refractivity contribution in [2.45, 2.75) is 32.9 Å². The van der Waals surface area contributed by atoms with Gasteiger partial charge in [0.2, 0.25) is 0 Å². The molecule has 1 fully saturated rings. The molecule has 0 amide bonds. The predicted octanol–water partition coefficient (Wildman–Crippen LogP) is 7.21. The molecule has 1 saturated heterocycles. The van der Waals surface area contributed by atoms with E-state index in [1.54, 1.807) is 0 Å². The van der Waals surface area contributed by atoms with E-state index in [-0.39, 0.29) is 12.1 Å². The van der Waals surface area contributed by atoms with Crippen LogP contribution in [-0.4, -0.2) is 10.1 Å². The minimum Gasteiger partial charge on any atom is -0.459 e. The molecule has 3 heterocycles. The molecule has 33 heavy (non-hydrogen) atoms. The van der Waals surface area contributed by atoms with Gasteiger partial charge in [0.1, 0.15) is 17.6 Å². The molecule has 0 spiro atoms. The second kappa shape index (κ2) is 8.76. The van der Waals surface area contributed by atoms with E-state index in [0.29, 0.717) is 5.11 Å². The Morgan fingerprint density at radius 3 is 2.42 bits per heavy atom. The average Bonchev–Trinajstić information content (AvgIpc) is 3.38. The Morgan fingerprint density at radius 1 is 0.939 bits per heavy atom. The molecule has 0 unspecified atom stereocenters. The Hall–Kier alpha value is -2.96. The molecule has 2 aromatic heterocycles. The number of hydrogen-bond donors (Lipinski definition) is 1. The molecule has 1 aliphatic heterocycles. The first-order valence-electron chi connectivity index (χ1n) is 10.9. The summed E-state index contributed by atoms with van der Waals surface area (Å²) in [4.78, 5) is 6.78. The summed E-state index contributed by atoms with van der Waals surface area (Å²) in [7, 11) is 0. The smallest absolute Gasteiger partial charge is 0.174 e. The number of nitrogens with zero attached hydrogens (tertiary/aromatic N) is 2. The third-order valence-electron chi connectivity index (χ3n) is 5.89. The summed E-state index contributed by atoms with van der Waals surface area (Å²) in [6, 6.07) is 22.5. The highest BCUT2D eigenvalue weighted by molar-refractivity contribution is 9.10. The summed E-state index contributed by atoms with van der Waals surface area (Å²) >= 11 is 9.52. The van der Waals surface area contributed by atoms with Crippen LogP contribution in [0.25, 0.3) is 11.3 Å². The molecule has 0 radical (unpaired) electrons. The summed E-state index contributed by atoms with van der Waals surface area (Å²) in [5, 5.41) is 4.16. The SMILES string of the molecule is Cc1cc(C)cc(N2C(=S)N[C@@H](c3ccccn3)[C@@H]2c2ccc(-c3ccc(C)cc3Br)o2)c1. The first-order valence-corrected chi connectivity index (χ1v) is 12.1. The van der Waals surface area contributed by atoms with Crippen LogP contribution in [0.1, 0.15) is 40.2 Å². The molecule has 0 saturated carbocycles. The van der Waals surface area contributed by atoms with Crippen LogP contribution in [0.5, 0.6) is 0 Å². The number of aryl methyl sites for hydroxylation is 3. The van der Waals surface area contributed by atoms with Gasteiger partial charge in [0, 0.05) is 21.9 Å². The van der Waals surface area contributed by atoms with E-state index in [0.717, 1.165) is 32.9 Å². The molecule has 2 aromatic carbocycles. The molecule has 1 N–H and O–H groups in total. The fourth-order valence-corrected chi connectivity index (χ4v) is 5.52. The van der Waals surface area contributed by atoms with Gasteiger partial charge in [0.25, 0.3) is 0 Å². The zero-order chi connectivity index (χ0) is 23.1. The van der Waals surface area contributed by atoms with Crippen molar-refractivity contribution in [2.75, 3.05) is 4.90 Å². The maximum Gasteiger partial charge on any atom is 0.174 e. The van der Waals surface area contributed by atoms with Gasteiger partial charge in [-0.1, -0.05) is 34.1 Å². The van der Waals surface area contributed by atoms with Crippen molar-refractivity contribution in [1.29, 1.82) is 0 Å². The Bertz CT molecular complexity index is 1310. The fraction of sp³-hybridized carbons (Fsp3) is 0.185. The summed E-state index contributed by atoms with van der Waals surface area (Å²) < 4.78 is 7.50. The van der Waals surface area contributed by atoms with Gasteiger partial charge in [-0.15, -0.1) is 0 Å². The Kier molecular flexibility index (Phi) is 5.81. The number of pyridine rings is 1. The van der Waals surface area contributed by atoms with Crippen molar-refractivity contribution in [1.82, 2.24) is 10.3 Å². The van der Waals surface area contributed by atoms with Crippen molar-refractivity contribution in [3.05, 3.63) is 106 Å². The molecule has 4 aromatic rings.